The highest BCUT2D eigenvalue weighted by atomic mass is 16.5. The van der Waals surface area contributed by atoms with Crippen molar-refractivity contribution in [3.05, 3.63) is 40.9 Å². The SMILES string of the molecule is Cc1noc(C)c1CC(=O)N1CCN(C(=O)c2ccc(N3CCC(C)CC3)nc2)CC1. The Labute approximate surface area is 183 Å². The maximum absolute atomic E-state index is 12.9. The van der Waals surface area contributed by atoms with E-state index < -0.39 is 0 Å². The number of piperazine rings is 1. The van der Waals surface area contributed by atoms with E-state index >= 15 is 0 Å². The fraction of sp³-hybridized carbons (Fsp3) is 0.565. The topological polar surface area (TPSA) is 82.8 Å². The van der Waals surface area contributed by atoms with Gasteiger partial charge in [0.1, 0.15) is 11.6 Å². The van der Waals surface area contributed by atoms with Crippen molar-refractivity contribution in [2.75, 3.05) is 44.2 Å². The second kappa shape index (κ2) is 9.08. The number of hydrogen-bond donors (Lipinski definition) is 0. The Bertz CT molecular complexity index is 904. The molecule has 0 N–H and O–H groups in total. The van der Waals surface area contributed by atoms with Crippen molar-refractivity contribution in [2.45, 2.75) is 40.0 Å². The number of pyridine rings is 1. The van der Waals surface area contributed by atoms with Gasteiger partial charge < -0.3 is 19.2 Å². The average molecular weight is 426 g/mol. The molecule has 0 unspecified atom stereocenters. The van der Waals surface area contributed by atoms with Crippen LogP contribution in [0.15, 0.2) is 22.9 Å². The largest absolute Gasteiger partial charge is 0.361 e. The Morgan fingerprint density at radius 2 is 1.71 bits per heavy atom. The number of piperidine rings is 1. The van der Waals surface area contributed by atoms with E-state index in [1.165, 1.54) is 12.8 Å². The fourth-order valence-electron chi connectivity index (χ4n) is 4.30. The van der Waals surface area contributed by atoms with Crippen LogP contribution in [0.5, 0.6) is 0 Å². The summed E-state index contributed by atoms with van der Waals surface area (Å²) in [5, 5.41) is 3.91. The van der Waals surface area contributed by atoms with Crippen LogP contribution >= 0.6 is 0 Å². The molecule has 0 atom stereocenters. The van der Waals surface area contributed by atoms with Crippen LogP contribution in [0.25, 0.3) is 0 Å². The van der Waals surface area contributed by atoms with Gasteiger partial charge in [0.05, 0.1) is 17.7 Å². The summed E-state index contributed by atoms with van der Waals surface area (Å²) < 4.78 is 5.15. The first-order chi connectivity index (χ1) is 14.9. The van der Waals surface area contributed by atoms with E-state index in [0.717, 1.165) is 36.1 Å². The van der Waals surface area contributed by atoms with E-state index in [-0.39, 0.29) is 18.2 Å². The number of aromatic nitrogens is 2. The fourth-order valence-corrected chi connectivity index (χ4v) is 4.30. The number of aryl methyl sites for hydroxylation is 2. The predicted molar refractivity (Wildman–Crippen MR) is 117 cm³/mol. The van der Waals surface area contributed by atoms with Crippen LogP contribution < -0.4 is 4.90 Å². The smallest absolute Gasteiger partial charge is 0.255 e. The number of amides is 2. The number of nitrogens with zero attached hydrogens (tertiary/aromatic N) is 5. The van der Waals surface area contributed by atoms with Crippen LogP contribution in [0.1, 0.15) is 47.1 Å². The number of hydrogen-bond acceptors (Lipinski definition) is 6. The van der Waals surface area contributed by atoms with Crippen LogP contribution in [0.3, 0.4) is 0 Å². The highest BCUT2D eigenvalue weighted by molar-refractivity contribution is 5.94. The van der Waals surface area contributed by atoms with Crippen molar-refractivity contribution in [1.29, 1.82) is 0 Å². The molecule has 2 aromatic rings. The van der Waals surface area contributed by atoms with Gasteiger partial charge in [0.25, 0.3) is 5.91 Å². The Balaban J connectivity index is 1.30. The van der Waals surface area contributed by atoms with Crippen molar-refractivity contribution in [3.63, 3.8) is 0 Å². The third-order valence-corrected chi connectivity index (χ3v) is 6.53. The average Bonchev–Trinajstić information content (AvgIpc) is 3.11. The van der Waals surface area contributed by atoms with Crippen LogP contribution in [0, 0.1) is 19.8 Å². The number of carbonyl (C=O) groups excluding carboxylic acids is 2. The maximum Gasteiger partial charge on any atom is 0.255 e. The number of rotatable bonds is 4. The Morgan fingerprint density at radius 3 is 2.29 bits per heavy atom. The highest BCUT2D eigenvalue weighted by Crippen LogP contribution is 2.22. The van der Waals surface area contributed by atoms with Crippen molar-refractivity contribution in [3.8, 4) is 0 Å². The number of carbonyl (C=O) groups is 2. The molecule has 2 saturated heterocycles. The Kier molecular flexibility index (Phi) is 6.25. The minimum absolute atomic E-state index is 0.0239. The molecule has 0 aromatic carbocycles. The molecule has 166 valence electrons. The normalized spacial score (nSPS) is 17.8. The van der Waals surface area contributed by atoms with Gasteiger partial charge in [-0.3, -0.25) is 9.59 Å². The molecule has 0 saturated carbocycles. The van der Waals surface area contributed by atoms with Gasteiger partial charge in [0.15, 0.2) is 0 Å². The van der Waals surface area contributed by atoms with E-state index in [9.17, 15) is 9.59 Å². The first-order valence-electron chi connectivity index (χ1n) is 11.1. The molecule has 0 spiro atoms. The Hall–Kier alpha value is -2.90. The van der Waals surface area contributed by atoms with E-state index in [1.807, 2.05) is 30.9 Å². The van der Waals surface area contributed by atoms with Crippen LogP contribution in [-0.2, 0) is 11.2 Å². The van der Waals surface area contributed by atoms with E-state index in [2.05, 4.69) is 22.0 Å². The van der Waals surface area contributed by atoms with E-state index in [1.54, 1.807) is 11.1 Å². The summed E-state index contributed by atoms with van der Waals surface area (Å²) in [4.78, 5) is 36.0. The van der Waals surface area contributed by atoms with Gasteiger partial charge in [-0.25, -0.2) is 4.98 Å². The molecule has 0 radical (unpaired) electrons. The molecular formula is C23H31N5O3. The lowest BCUT2D eigenvalue weighted by molar-refractivity contribution is -0.131. The molecule has 2 aliphatic heterocycles. The monoisotopic (exact) mass is 425 g/mol. The van der Waals surface area contributed by atoms with E-state index in [4.69, 9.17) is 4.52 Å². The summed E-state index contributed by atoms with van der Waals surface area (Å²) in [6.45, 7) is 10.1. The lowest BCUT2D eigenvalue weighted by Gasteiger charge is -2.35. The first-order valence-corrected chi connectivity index (χ1v) is 11.1. The van der Waals surface area contributed by atoms with Crippen molar-refractivity contribution in [2.24, 2.45) is 5.92 Å². The third-order valence-electron chi connectivity index (χ3n) is 6.53. The summed E-state index contributed by atoms with van der Waals surface area (Å²) in [6, 6.07) is 3.82. The summed E-state index contributed by atoms with van der Waals surface area (Å²) >= 11 is 0. The van der Waals surface area contributed by atoms with Gasteiger partial charge in [-0.15, -0.1) is 0 Å². The summed E-state index contributed by atoms with van der Waals surface area (Å²) in [7, 11) is 0. The molecule has 0 aliphatic carbocycles. The zero-order chi connectivity index (χ0) is 22.0. The lowest BCUT2D eigenvalue weighted by Crippen LogP contribution is -2.51. The molecule has 8 heteroatoms. The molecular weight excluding hydrogens is 394 g/mol. The van der Waals surface area contributed by atoms with Gasteiger partial charge in [-0.2, -0.15) is 0 Å². The van der Waals surface area contributed by atoms with Crippen LogP contribution in [-0.4, -0.2) is 71.0 Å². The molecule has 0 bridgehead atoms. The molecule has 4 rings (SSSR count). The highest BCUT2D eigenvalue weighted by Gasteiger charge is 2.26. The molecule has 2 aliphatic rings. The summed E-state index contributed by atoms with van der Waals surface area (Å²) in [5.74, 6) is 2.42. The van der Waals surface area contributed by atoms with Crippen molar-refractivity contribution < 1.29 is 14.1 Å². The quantitative estimate of drug-likeness (QED) is 0.748. The third kappa shape index (κ3) is 4.73. The molecule has 4 heterocycles. The summed E-state index contributed by atoms with van der Waals surface area (Å²) in [5.41, 5.74) is 2.22. The molecule has 2 aromatic heterocycles. The van der Waals surface area contributed by atoms with Gasteiger partial charge in [-0.05, 0) is 44.7 Å². The van der Waals surface area contributed by atoms with Gasteiger partial charge in [-0.1, -0.05) is 12.1 Å². The summed E-state index contributed by atoms with van der Waals surface area (Å²) in [6.07, 6.45) is 4.34. The van der Waals surface area contributed by atoms with E-state index in [0.29, 0.717) is 37.5 Å². The van der Waals surface area contributed by atoms with Gasteiger partial charge in [0.2, 0.25) is 5.91 Å². The molecule has 2 amide bonds. The minimum atomic E-state index is -0.0239. The van der Waals surface area contributed by atoms with Crippen LogP contribution in [0.2, 0.25) is 0 Å². The molecule has 2 fully saturated rings. The lowest BCUT2D eigenvalue weighted by atomic mass is 9.99. The minimum Gasteiger partial charge on any atom is -0.361 e. The molecule has 8 nitrogen and oxygen atoms in total. The standard InChI is InChI=1S/C23H31N5O3/c1-16-6-8-26(9-7-16)21-5-4-19(15-24-21)23(30)28-12-10-27(11-13-28)22(29)14-20-17(2)25-31-18(20)3/h4-5,15-16H,6-14H2,1-3H3. The first kappa shape index (κ1) is 21.3. The van der Waals surface area contributed by atoms with Gasteiger partial charge in [0, 0.05) is 51.0 Å². The van der Waals surface area contributed by atoms with Crippen molar-refractivity contribution >= 4 is 17.6 Å². The molecule has 31 heavy (non-hydrogen) atoms. The Morgan fingerprint density at radius 1 is 1.03 bits per heavy atom. The number of anilines is 1. The second-order valence-electron chi connectivity index (χ2n) is 8.73. The zero-order valence-corrected chi connectivity index (χ0v) is 18.6. The van der Waals surface area contributed by atoms with Gasteiger partial charge >= 0.3 is 0 Å². The second-order valence-corrected chi connectivity index (χ2v) is 8.73. The zero-order valence-electron chi connectivity index (χ0n) is 18.6. The van der Waals surface area contributed by atoms with Crippen molar-refractivity contribution in [1.82, 2.24) is 19.9 Å². The van der Waals surface area contributed by atoms with Crippen LogP contribution in [0.4, 0.5) is 5.82 Å². The maximum atomic E-state index is 12.9. The predicted octanol–water partition coefficient (Wildman–Crippen LogP) is 2.45.